The lowest BCUT2D eigenvalue weighted by Crippen LogP contribution is -2.50. The van der Waals surface area contributed by atoms with Gasteiger partial charge in [0.15, 0.2) is 0 Å². The molecule has 0 aliphatic heterocycles. The molecule has 0 saturated carbocycles. The Morgan fingerprint density at radius 3 is 2.15 bits per heavy atom. The van der Waals surface area contributed by atoms with Crippen LogP contribution in [0.15, 0.2) is 48.5 Å². The molecule has 0 fully saturated rings. The van der Waals surface area contributed by atoms with Crippen LogP contribution in [0.25, 0.3) is 11.1 Å². The van der Waals surface area contributed by atoms with E-state index in [9.17, 15) is 14.4 Å². The summed E-state index contributed by atoms with van der Waals surface area (Å²) in [7, 11) is 0. The maximum atomic E-state index is 12.3. The van der Waals surface area contributed by atoms with Crippen molar-refractivity contribution in [2.45, 2.75) is 38.6 Å². The van der Waals surface area contributed by atoms with Gasteiger partial charge in [0.05, 0.1) is 6.54 Å². The van der Waals surface area contributed by atoms with Crippen LogP contribution in [0.3, 0.4) is 0 Å². The van der Waals surface area contributed by atoms with Crippen molar-refractivity contribution < 1.29 is 19.6 Å². The highest BCUT2D eigenvalue weighted by Gasteiger charge is 2.19. The Morgan fingerprint density at radius 1 is 0.939 bits per heavy atom. The quantitative estimate of drug-likeness (QED) is 0.155. The number of anilines is 1. The number of nitrogens with one attached hydrogen (secondary N) is 4. The number of carbonyl (C=O) groups excluding carboxylic acids is 3. The van der Waals surface area contributed by atoms with Crippen molar-refractivity contribution >= 4 is 23.4 Å². The summed E-state index contributed by atoms with van der Waals surface area (Å²) >= 11 is 0. The van der Waals surface area contributed by atoms with Gasteiger partial charge >= 0.3 is 0 Å². The van der Waals surface area contributed by atoms with Crippen LogP contribution in [0.1, 0.15) is 43.0 Å². The van der Waals surface area contributed by atoms with Crippen LogP contribution in [0.4, 0.5) is 5.69 Å². The van der Waals surface area contributed by atoms with Gasteiger partial charge in [0, 0.05) is 17.8 Å². The summed E-state index contributed by atoms with van der Waals surface area (Å²) < 4.78 is 0. The first-order valence-electron chi connectivity index (χ1n) is 11.1. The van der Waals surface area contributed by atoms with Crippen molar-refractivity contribution in [3.8, 4) is 11.1 Å². The number of carbonyl (C=O) groups is 3. The first-order chi connectivity index (χ1) is 16.0. The van der Waals surface area contributed by atoms with Gasteiger partial charge in [0.2, 0.25) is 5.91 Å². The average molecular weight is 456 g/mol. The Kier molecular flexibility index (Phi) is 11.0. The van der Waals surface area contributed by atoms with Crippen LogP contribution >= 0.6 is 0 Å². The van der Waals surface area contributed by atoms with Crippen molar-refractivity contribution in [1.29, 1.82) is 0 Å². The fourth-order valence-corrected chi connectivity index (χ4v) is 3.19. The van der Waals surface area contributed by atoms with Gasteiger partial charge in [-0.3, -0.25) is 19.6 Å². The van der Waals surface area contributed by atoms with Crippen LogP contribution in [0.5, 0.6) is 0 Å². The molecule has 9 nitrogen and oxygen atoms in total. The van der Waals surface area contributed by atoms with Crippen molar-refractivity contribution in [3.05, 3.63) is 54.1 Å². The number of hydroxylamine groups is 1. The Morgan fingerprint density at radius 2 is 1.58 bits per heavy atom. The van der Waals surface area contributed by atoms with E-state index in [1.807, 2.05) is 24.3 Å². The number of nitrogens with two attached hydrogens (primary N) is 1. The molecule has 1 atom stereocenters. The maximum absolute atomic E-state index is 12.3. The SMILES string of the molecule is CCCCCCNCC(=O)Nc1ccc(-c2ccc(C(=O)N[C@@H](CN)C(=O)NO)cc2)cc1. The highest BCUT2D eigenvalue weighted by molar-refractivity contribution is 5.98. The Balaban J connectivity index is 1.87. The molecule has 0 radical (unpaired) electrons. The van der Waals surface area contributed by atoms with Crippen molar-refractivity contribution in [2.75, 3.05) is 25.0 Å². The molecule has 33 heavy (non-hydrogen) atoms. The monoisotopic (exact) mass is 455 g/mol. The molecule has 0 spiro atoms. The van der Waals surface area contributed by atoms with Gasteiger partial charge < -0.3 is 21.7 Å². The van der Waals surface area contributed by atoms with E-state index in [2.05, 4.69) is 22.9 Å². The van der Waals surface area contributed by atoms with Gasteiger partial charge in [0.25, 0.3) is 11.8 Å². The molecule has 2 aromatic rings. The number of hydrogen-bond acceptors (Lipinski definition) is 6. The van der Waals surface area contributed by atoms with E-state index in [1.54, 1.807) is 24.3 Å². The zero-order valence-electron chi connectivity index (χ0n) is 18.9. The van der Waals surface area contributed by atoms with Gasteiger partial charge in [0.1, 0.15) is 6.04 Å². The Bertz CT molecular complexity index is 900. The van der Waals surface area contributed by atoms with Gasteiger partial charge in [-0.1, -0.05) is 50.5 Å². The van der Waals surface area contributed by atoms with Crippen molar-refractivity contribution in [1.82, 2.24) is 16.1 Å². The van der Waals surface area contributed by atoms with Crippen LogP contribution in [-0.2, 0) is 9.59 Å². The minimum absolute atomic E-state index is 0.0840. The van der Waals surface area contributed by atoms with E-state index >= 15 is 0 Å². The molecule has 3 amide bonds. The second kappa shape index (κ2) is 14.0. The van der Waals surface area contributed by atoms with Gasteiger partial charge in [-0.2, -0.15) is 0 Å². The van der Waals surface area contributed by atoms with Crippen LogP contribution in [0, 0.1) is 0 Å². The van der Waals surface area contributed by atoms with Crippen LogP contribution in [-0.4, -0.2) is 48.6 Å². The number of hydrogen-bond donors (Lipinski definition) is 6. The molecule has 0 aliphatic rings. The summed E-state index contributed by atoms with van der Waals surface area (Å²) in [6.07, 6.45) is 4.65. The maximum Gasteiger partial charge on any atom is 0.267 e. The smallest absolute Gasteiger partial charge is 0.267 e. The highest BCUT2D eigenvalue weighted by atomic mass is 16.5. The van der Waals surface area contributed by atoms with E-state index in [-0.39, 0.29) is 19.0 Å². The average Bonchev–Trinajstić information content (AvgIpc) is 2.84. The molecule has 9 heteroatoms. The lowest BCUT2D eigenvalue weighted by molar-refractivity contribution is -0.130. The summed E-state index contributed by atoms with van der Waals surface area (Å²) in [5.74, 6) is -1.34. The fourth-order valence-electron chi connectivity index (χ4n) is 3.19. The van der Waals surface area contributed by atoms with E-state index in [0.29, 0.717) is 11.3 Å². The van der Waals surface area contributed by atoms with E-state index < -0.39 is 17.9 Å². The van der Waals surface area contributed by atoms with Crippen LogP contribution in [0.2, 0.25) is 0 Å². The van der Waals surface area contributed by atoms with Gasteiger partial charge in [-0.15, -0.1) is 0 Å². The van der Waals surface area contributed by atoms with E-state index in [4.69, 9.17) is 10.9 Å². The molecule has 0 saturated heterocycles. The molecule has 0 bridgehead atoms. The van der Waals surface area contributed by atoms with Crippen LogP contribution < -0.4 is 27.2 Å². The minimum atomic E-state index is -1.03. The zero-order valence-corrected chi connectivity index (χ0v) is 18.9. The van der Waals surface area contributed by atoms with Crippen molar-refractivity contribution in [2.24, 2.45) is 5.73 Å². The van der Waals surface area contributed by atoms with E-state index in [0.717, 1.165) is 24.1 Å². The topological polar surface area (TPSA) is 146 Å². The molecule has 7 N–H and O–H groups in total. The molecular weight excluding hydrogens is 422 g/mol. The van der Waals surface area contributed by atoms with Gasteiger partial charge in [-0.05, 0) is 48.4 Å². The number of amides is 3. The normalized spacial score (nSPS) is 11.5. The molecule has 2 rings (SSSR count). The first kappa shape index (κ1) is 26.0. The number of rotatable bonds is 13. The summed E-state index contributed by atoms with van der Waals surface area (Å²) in [6.45, 7) is 3.14. The molecule has 0 unspecified atom stereocenters. The molecular formula is C24H33N5O4. The Hall–Kier alpha value is -3.27. The third-order valence-electron chi connectivity index (χ3n) is 5.11. The standard InChI is InChI=1S/C24H33N5O4/c1-2-3-4-5-14-26-16-22(30)27-20-12-10-18(11-13-20)17-6-8-19(9-7-17)23(31)28-21(15-25)24(32)29-33/h6-13,21,26,33H,2-5,14-16,25H2,1H3,(H,27,30)(H,28,31)(H,29,32)/t21-/m0/s1. The largest absolute Gasteiger partial charge is 0.339 e. The summed E-state index contributed by atoms with van der Waals surface area (Å²) in [5.41, 5.74) is 9.80. The predicted molar refractivity (Wildman–Crippen MR) is 128 cm³/mol. The molecule has 0 aliphatic carbocycles. The molecule has 2 aromatic carbocycles. The molecule has 0 aromatic heterocycles. The summed E-state index contributed by atoms with van der Waals surface area (Å²) in [4.78, 5) is 35.8. The third kappa shape index (κ3) is 8.64. The minimum Gasteiger partial charge on any atom is -0.339 e. The number of benzene rings is 2. The second-order valence-electron chi connectivity index (χ2n) is 7.68. The van der Waals surface area contributed by atoms with E-state index in [1.165, 1.54) is 24.7 Å². The first-order valence-corrected chi connectivity index (χ1v) is 11.1. The number of unbranched alkanes of at least 4 members (excludes halogenated alkanes) is 3. The Labute approximate surface area is 194 Å². The van der Waals surface area contributed by atoms with Crippen molar-refractivity contribution in [3.63, 3.8) is 0 Å². The third-order valence-corrected chi connectivity index (χ3v) is 5.11. The summed E-state index contributed by atoms with van der Waals surface area (Å²) in [5, 5.41) is 17.2. The lowest BCUT2D eigenvalue weighted by atomic mass is 10.0. The zero-order chi connectivity index (χ0) is 24.1. The lowest BCUT2D eigenvalue weighted by Gasteiger charge is -2.14. The highest BCUT2D eigenvalue weighted by Crippen LogP contribution is 2.22. The molecule has 0 heterocycles. The molecule has 178 valence electrons. The summed E-state index contributed by atoms with van der Waals surface area (Å²) in [6, 6.07) is 13.2. The van der Waals surface area contributed by atoms with Gasteiger partial charge in [-0.25, -0.2) is 5.48 Å². The predicted octanol–water partition coefficient (Wildman–Crippen LogP) is 2.02. The second-order valence-corrected chi connectivity index (χ2v) is 7.68. The fraction of sp³-hybridized carbons (Fsp3) is 0.375.